The number of aliphatic carboxylic acids is 1. The second-order valence-electron chi connectivity index (χ2n) is 8.90. The van der Waals surface area contributed by atoms with Crippen LogP contribution in [-0.2, 0) is 24.0 Å². The number of nitrogens with two attached hydrogens (primary N) is 7. The molecule has 0 unspecified atom stereocenters. The molecule has 0 aliphatic rings. The number of carboxylic acid groups (broad SMARTS) is 1. The average molecular weight is 601 g/mol. The molecule has 0 radical (unpaired) electrons. The maximum atomic E-state index is 13.3. The van der Waals surface area contributed by atoms with Crippen LogP contribution >= 0.6 is 0 Å². The Labute approximate surface area is 242 Å². The Morgan fingerprint density at radius 3 is 1.29 bits per heavy atom. The Balaban J connectivity index is 5.83. The number of carbonyl (C=O) groups is 5. The van der Waals surface area contributed by atoms with Gasteiger partial charge in [0.05, 0.1) is 6.54 Å². The van der Waals surface area contributed by atoms with Crippen LogP contribution in [0.25, 0.3) is 0 Å². The third-order valence-electron chi connectivity index (χ3n) is 5.35. The second-order valence-corrected chi connectivity index (χ2v) is 8.90. The van der Waals surface area contributed by atoms with E-state index in [4.69, 9.17) is 45.2 Å². The SMILES string of the molecule is NCC(=O)N[C@@H](CCCN=C(N)N)C(=O)N[C@@H](CCCN=C(N)N)C(=O)N[C@@H](CCCN=C(N)N)C(=O)NCC(=O)O. The summed E-state index contributed by atoms with van der Waals surface area (Å²) < 4.78 is 0. The van der Waals surface area contributed by atoms with Gasteiger partial charge >= 0.3 is 5.97 Å². The first-order chi connectivity index (χ1) is 19.8. The highest BCUT2D eigenvalue weighted by Crippen LogP contribution is 2.06. The molecule has 0 aliphatic heterocycles. The van der Waals surface area contributed by atoms with Crippen LogP contribution in [0.4, 0.5) is 0 Å². The summed E-state index contributed by atoms with van der Waals surface area (Å²) in [5.74, 6) is -4.59. The first kappa shape index (κ1) is 37.1. The molecule has 20 heteroatoms. The Morgan fingerprint density at radius 2 is 0.952 bits per heavy atom. The smallest absolute Gasteiger partial charge is 0.322 e. The highest BCUT2D eigenvalue weighted by Gasteiger charge is 2.29. The molecule has 0 aromatic rings. The second kappa shape index (κ2) is 20.9. The highest BCUT2D eigenvalue weighted by molar-refractivity contribution is 5.94. The van der Waals surface area contributed by atoms with Crippen LogP contribution in [0.1, 0.15) is 38.5 Å². The zero-order valence-corrected chi connectivity index (χ0v) is 23.4. The average Bonchev–Trinajstić information content (AvgIpc) is 2.91. The summed E-state index contributed by atoms with van der Waals surface area (Å²) in [5, 5.41) is 18.7. The number of amides is 4. The van der Waals surface area contributed by atoms with E-state index >= 15 is 0 Å². The van der Waals surface area contributed by atoms with Gasteiger partial charge in [0.2, 0.25) is 23.6 Å². The van der Waals surface area contributed by atoms with E-state index in [1.807, 2.05) is 0 Å². The maximum absolute atomic E-state index is 13.3. The first-order valence-corrected chi connectivity index (χ1v) is 13.0. The van der Waals surface area contributed by atoms with Gasteiger partial charge in [-0.1, -0.05) is 0 Å². The molecule has 19 N–H and O–H groups in total. The van der Waals surface area contributed by atoms with Crippen LogP contribution in [-0.4, -0.2) is 103 Å². The lowest BCUT2D eigenvalue weighted by atomic mass is 10.1. The van der Waals surface area contributed by atoms with Gasteiger partial charge in [0.25, 0.3) is 0 Å². The zero-order chi connectivity index (χ0) is 32.1. The van der Waals surface area contributed by atoms with E-state index in [0.29, 0.717) is 6.42 Å². The van der Waals surface area contributed by atoms with Crippen LogP contribution in [0, 0.1) is 0 Å². The Morgan fingerprint density at radius 1 is 0.595 bits per heavy atom. The van der Waals surface area contributed by atoms with E-state index < -0.39 is 54.3 Å². The summed E-state index contributed by atoms with van der Waals surface area (Å²) >= 11 is 0. The summed E-state index contributed by atoms with van der Waals surface area (Å²) in [5.41, 5.74) is 37.3. The van der Waals surface area contributed by atoms with Crippen molar-refractivity contribution in [3.63, 3.8) is 0 Å². The van der Waals surface area contributed by atoms with Gasteiger partial charge in [-0.2, -0.15) is 0 Å². The van der Waals surface area contributed by atoms with Crippen molar-refractivity contribution in [1.82, 2.24) is 21.3 Å². The number of hydrogen-bond donors (Lipinski definition) is 12. The van der Waals surface area contributed by atoms with E-state index in [-0.39, 0.29) is 76.2 Å². The lowest BCUT2D eigenvalue weighted by Crippen LogP contribution is -2.57. The quantitative estimate of drug-likeness (QED) is 0.0331. The number of guanidine groups is 3. The Bertz CT molecular complexity index is 990. The fourth-order valence-corrected chi connectivity index (χ4v) is 3.40. The standard InChI is InChI=1S/C22H44N14O6/c23-10-15(37)34-13(5-2-8-31-21(26)27)18(41)36-14(6-3-9-32-22(28)29)19(42)35-12(4-1-7-30-20(24)25)17(40)33-11-16(38)39/h12-14H,1-11,23H2,(H,33,40)(H,34,37)(H,35,42)(H,36,41)(H,38,39)(H4,24,25,30)(H4,26,27,31)(H4,28,29,32)/t12-,13-,14-/m0/s1. The summed E-state index contributed by atoms with van der Waals surface area (Å²) in [6, 6.07) is -3.47. The Hall–Kier alpha value is -4.88. The summed E-state index contributed by atoms with van der Waals surface area (Å²) in [6.07, 6.45) is 1.01. The van der Waals surface area contributed by atoms with E-state index in [1.54, 1.807) is 0 Å². The largest absolute Gasteiger partial charge is 0.480 e. The molecule has 0 heterocycles. The minimum atomic E-state index is -1.29. The summed E-state index contributed by atoms with van der Waals surface area (Å²) in [6.45, 7) is -0.607. The van der Waals surface area contributed by atoms with E-state index in [2.05, 4.69) is 36.2 Å². The molecular weight excluding hydrogens is 556 g/mol. The van der Waals surface area contributed by atoms with Gasteiger partial charge in [0.15, 0.2) is 17.9 Å². The first-order valence-electron chi connectivity index (χ1n) is 13.0. The molecule has 0 rings (SSSR count). The number of hydrogen-bond acceptors (Lipinski definition) is 9. The van der Waals surface area contributed by atoms with E-state index in [9.17, 15) is 24.0 Å². The van der Waals surface area contributed by atoms with Gasteiger partial charge < -0.3 is 66.5 Å². The monoisotopic (exact) mass is 600 g/mol. The minimum Gasteiger partial charge on any atom is -0.480 e. The number of nitrogens with one attached hydrogen (secondary N) is 4. The number of carboxylic acids is 1. The molecule has 0 aromatic carbocycles. The van der Waals surface area contributed by atoms with Gasteiger partial charge in [0, 0.05) is 19.6 Å². The molecular formula is C22H44N14O6. The number of nitrogens with zero attached hydrogens (tertiary/aromatic N) is 3. The van der Waals surface area contributed by atoms with Crippen LogP contribution in [0.3, 0.4) is 0 Å². The van der Waals surface area contributed by atoms with Crippen molar-refractivity contribution >= 4 is 47.5 Å². The van der Waals surface area contributed by atoms with Crippen molar-refractivity contribution < 1.29 is 29.1 Å². The van der Waals surface area contributed by atoms with Crippen LogP contribution in [0.5, 0.6) is 0 Å². The fraction of sp³-hybridized carbons (Fsp3) is 0.636. The lowest BCUT2D eigenvalue weighted by Gasteiger charge is -2.25. The summed E-state index contributed by atoms with van der Waals surface area (Å²) in [7, 11) is 0. The minimum absolute atomic E-state index is 0.0391. The normalized spacial score (nSPS) is 12.4. The molecule has 0 aromatic heterocycles. The Kier molecular flexibility index (Phi) is 18.5. The predicted octanol–water partition coefficient (Wildman–Crippen LogP) is -6.24. The molecule has 20 nitrogen and oxygen atoms in total. The van der Waals surface area contributed by atoms with Crippen molar-refractivity contribution in [2.45, 2.75) is 56.7 Å². The van der Waals surface area contributed by atoms with Crippen LogP contribution in [0.2, 0.25) is 0 Å². The van der Waals surface area contributed by atoms with Crippen molar-refractivity contribution in [3.8, 4) is 0 Å². The lowest BCUT2D eigenvalue weighted by molar-refractivity contribution is -0.138. The fourth-order valence-electron chi connectivity index (χ4n) is 3.40. The third kappa shape index (κ3) is 18.4. The number of aliphatic imine (C=N–C) groups is 3. The van der Waals surface area contributed by atoms with Gasteiger partial charge in [-0.15, -0.1) is 0 Å². The predicted molar refractivity (Wildman–Crippen MR) is 155 cm³/mol. The molecule has 0 saturated heterocycles. The molecule has 0 saturated carbocycles. The zero-order valence-electron chi connectivity index (χ0n) is 23.4. The van der Waals surface area contributed by atoms with Gasteiger partial charge in [-0.25, -0.2) is 0 Å². The van der Waals surface area contributed by atoms with Crippen molar-refractivity contribution in [2.24, 2.45) is 55.1 Å². The van der Waals surface area contributed by atoms with Crippen LogP contribution in [0.15, 0.2) is 15.0 Å². The molecule has 0 spiro atoms. The third-order valence-corrected chi connectivity index (χ3v) is 5.35. The topological polar surface area (TPSA) is 373 Å². The molecule has 3 atom stereocenters. The summed E-state index contributed by atoms with van der Waals surface area (Å²) in [4.78, 5) is 73.5. The molecule has 0 bridgehead atoms. The molecule has 0 fully saturated rings. The molecule has 4 amide bonds. The van der Waals surface area contributed by atoms with Crippen molar-refractivity contribution in [1.29, 1.82) is 0 Å². The van der Waals surface area contributed by atoms with E-state index in [1.165, 1.54) is 0 Å². The number of rotatable bonds is 21. The molecule has 42 heavy (non-hydrogen) atoms. The van der Waals surface area contributed by atoms with Crippen LogP contribution < -0.4 is 61.4 Å². The number of carbonyl (C=O) groups excluding carboxylic acids is 4. The van der Waals surface area contributed by atoms with Gasteiger partial charge in [0.1, 0.15) is 24.7 Å². The molecule has 0 aliphatic carbocycles. The van der Waals surface area contributed by atoms with Gasteiger partial charge in [-0.05, 0) is 38.5 Å². The maximum Gasteiger partial charge on any atom is 0.322 e. The van der Waals surface area contributed by atoms with Gasteiger partial charge in [-0.3, -0.25) is 38.9 Å². The van der Waals surface area contributed by atoms with E-state index in [0.717, 1.165) is 0 Å². The van der Waals surface area contributed by atoms with Crippen molar-refractivity contribution in [3.05, 3.63) is 0 Å². The molecule has 238 valence electrons. The highest BCUT2D eigenvalue weighted by atomic mass is 16.4. The van der Waals surface area contributed by atoms with Crippen molar-refractivity contribution in [2.75, 3.05) is 32.7 Å².